The smallest absolute Gasteiger partial charge is 0.126 e. The molecule has 1 aromatic heterocycles. The normalized spacial score (nSPS) is 11.1. The predicted octanol–water partition coefficient (Wildman–Crippen LogP) is 2.26. The maximum atomic E-state index is 6.22. The standard InChI is InChI=1S/C14H24ClN3O2/c1-16-14-6-5-12(15)13(17-14)11-18(8-10-20-3)7-4-9-19-2/h5-6H,4,7-11H2,1-3H3,(H,16,17). The van der Waals surface area contributed by atoms with Gasteiger partial charge in [0.25, 0.3) is 0 Å². The average molecular weight is 302 g/mol. The first-order valence-corrected chi connectivity index (χ1v) is 7.12. The summed E-state index contributed by atoms with van der Waals surface area (Å²) >= 11 is 6.22. The van der Waals surface area contributed by atoms with E-state index >= 15 is 0 Å². The molecule has 0 aromatic carbocycles. The molecule has 0 aliphatic carbocycles. The molecule has 0 atom stereocenters. The van der Waals surface area contributed by atoms with Crippen molar-refractivity contribution in [1.29, 1.82) is 0 Å². The highest BCUT2D eigenvalue weighted by atomic mass is 35.5. The average Bonchev–Trinajstić information content (AvgIpc) is 2.46. The summed E-state index contributed by atoms with van der Waals surface area (Å²) in [5, 5.41) is 3.72. The van der Waals surface area contributed by atoms with E-state index in [0.29, 0.717) is 18.2 Å². The maximum absolute atomic E-state index is 6.22. The monoisotopic (exact) mass is 301 g/mol. The minimum atomic E-state index is 0.691. The zero-order valence-corrected chi connectivity index (χ0v) is 13.2. The van der Waals surface area contributed by atoms with Crippen LogP contribution in [0.1, 0.15) is 12.1 Å². The molecule has 0 aliphatic heterocycles. The van der Waals surface area contributed by atoms with Crippen molar-refractivity contribution in [1.82, 2.24) is 9.88 Å². The lowest BCUT2D eigenvalue weighted by Gasteiger charge is -2.22. The van der Waals surface area contributed by atoms with Crippen LogP contribution in [0.3, 0.4) is 0 Å². The van der Waals surface area contributed by atoms with Crippen molar-refractivity contribution in [3.8, 4) is 0 Å². The van der Waals surface area contributed by atoms with Gasteiger partial charge in [-0.2, -0.15) is 0 Å². The minimum absolute atomic E-state index is 0.691. The number of nitrogens with one attached hydrogen (secondary N) is 1. The summed E-state index contributed by atoms with van der Waals surface area (Å²) in [6.07, 6.45) is 0.976. The zero-order chi connectivity index (χ0) is 14.8. The Morgan fingerprint density at radius 2 is 1.95 bits per heavy atom. The molecule has 0 saturated carbocycles. The second kappa shape index (κ2) is 9.94. The Labute approximate surface area is 126 Å². The summed E-state index contributed by atoms with van der Waals surface area (Å²) in [6.45, 7) is 3.93. The van der Waals surface area contributed by atoms with E-state index in [-0.39, 0.29) is 0 Å². The molecule has 1 rings (SSSR count). The number of hydrogen-bond donors (Lipinski definition) is 1. The molecule has 0 aliphatic rings. The van der Waals surface area contributed by atoms with Gasteiger partial charge in [-0.25, -0.2) is 4.98 Å². The molecule has 0 spiro atoms. The Morgan fingerprint density at radius 3 is 2.60 bits per heavy atom. The van der Waals surface area contributed by atoms with Crippen molar-refractivity contribution >= 4 is 17.4 Å². The van der Waals surface area contributed by atoms with Gasteiger partial charge < -0.3 is 14.8 Å². The second-order valence-electron chi connectivity index (χ2n) is 4.49. The maximum Gasteiger partial charge on any atom is 0.126 e. The number of aromatic nitrogens is 1. The largest absolute Gasteiger partial charge is 0.385 e. The van der Waals surface area contributed by atoms with Crippen LogP contribution in [0.15, 0.2) is 12.1 Å². The summed E-state index contributed by atoms with van der Waals surface area (Å²) in [4.78, 5) is 6.78. The molecule has 1 N–H and O–H groups in total. The molecule has 0 bridgehead atoms. The number of anilines is 1. The van der Waals surface area contributed by atoms with Gasteiger partial charge >= 0.3 is 0 Å². The van der Waals surface area contributed by atoms with E-state index in [1.807, 2.05) is 19.2 Å². The predicted molar refractivity (Wildman–Crippen MR) is 82.4 cm³/mol. The molecule has 0 radical (unpaired) electrons. The number of pyridine rings is 1. The van der Waals surface area contributed by atoms with Crippen LogP contribution in [0.25, 0.3) is 0 Å². The van der Waals surface area contributed by atoms with Gasteiger partial charge in [-0.3, -0.25) is 4.90 Å². The molecular formula is C14H24ClN3O2. The molecule has 1 heterocycles. The van der Waals surface area contributed by atoms with Crippen LogP contribution in [0.4, 0.5) is 5.82 Å². The first-order valence-electron chi connectivity index (χ1n) is 6.74. The van der Waals surface area contributed by atoms with Gasteiger partial charge in [0.15, 0.2) is 0 Å². The SMILES string of the molecule is CNc1ccc(Cl)c(CN(CCCOC)CCOC)n1. The van der Waals surface area contributed by atoms with Crippen molar-refractivity contribution in [2.45, 2.75) is 13.0 Å². The highest BCUT2D eigenvalue weighted by Crippen LogP contribution is 2.18. The third-order valence-corrected chi connectivity index (χ3v) is 3.33. The number of rotatable bonds is 10. The van der Waals surface area contributed by atoms with Crippen LogP contribution < -0.4 is 5.32 Å². The van der Waals surface area contributed by atoms with E-state index in [0.717, 1.165) is 37.6 Å². The second-order valence-corrected chi connectivity index (χ2v) is 4.90. The van der Waals surface area contributed by atoms with Crippen LogP contribution in [-0.4, -0.2) is 57.5 Å². The molecule has 6 heteroatoms. The van der Waals surface area contributed by atoms with Crippen molar-refractivity contribution in [2.75, 3.05) is 52.9 Å². The van der Waals surface area contributed by atoms with Gasteiger partial charge in [0.1, 0.15) is 5.82 Å². The molecule has 0 amide bonds. The van der Waals surface area contributed by atoms with E-state index < -0.39 is 0 Å². The Bertz CT molecular complexity index is 391. The van der Waals surface area contributed by atoms with Crippen molar-refractivity contribution in [3.63, 3.8) is 0 Å². The molecular weight excluding hydrogens is 278 g/mol. The fourth-order valence-electron chi connectivity index (χ4n) is 1.87. The first-order chi connectivity index (χ1) is 9.71. The lowest BCUT2D eigenvalue weighted by Crippen LogP contribution is -2.29. The fraction of sp³-hybridized carbons (Fsp3) is 0.643. The number of methoxy groups -OCH3 is 2. The number of ether oxygens (including phenoxy) is 2. The molecule has 0 unspecified atom stereocenters. The summed E-state index contributed by atoms with van der Waals surface area (Å²) in [5.74, 6) is 0.827. The Hall–Kier alpha value is -0.880. The highest BCUT2D eigenvalue weighted by molar-refractivity contribution is 6.31. The first kappa shape index (κ1) is 17.2. The lowest BCUT2D eigenvalue weighted by atomic mass is 10.3. The van der Waals surface area contributed by atoms with E-state index in [1.165, 1.54) is 0 Å². The third kappa shape index (κ3) is 6.05. The molecule has 5 nitrogen and oxygen atoms in total. The van der Waals surface area contributed by atoms with Crippen LogP contribution >= 0.6 is 11.6 Å². The lowest BCUT2D eigenvalue weighted by molar-refractivity contribution is 0.128. The van der Waals surface area contributed by atoms with Gasteiger partial charge in [0.2, 0.25) is 0 Å². The molecule has 0 saturated heterocycles. The Kier molecular flexibility index (Phi) is 8.53. The number of hydrogen-bond acceptors (Lipinski definition) is 5. The van der Waals surface area contributed by atoms with Gasteiger partial charge in [0, 0.05) is 47.5 Å². The van der Waals surface area contributed by atoms with E-state index in [4.69, 9.17) is 21.1 Å². The number of nitrogens with zero attached hydrogens (tertiary/aromatic N) is 2. The summed E-state index contributed by atoms with van der Waals surface area (Å²) in [5.41, 5.74) is 0.882. The topological polar surface area (TPSA) is 46.6 Å². The molecule has 0 fully saturated rings. The highest BCUT2D eigenvalue weighted by Gasteiger charge is 2.10. The Balaban J connectivity index is 2.66. The summed E-state index contributed by atoms with van der Waals surface area (Å²) in [6, 6.07) is 3.75. The van der Waals surface area contributed by atoms with Gasteiger partial charge in [-0.1, -0.05) is 11.6 Å². The van der Waals surface area contributed by atoms with Crippen molar-refractivity contribution in [3.05, 3.63) is 22.8 Å². The van der Waals surface area contributed by atoms with Crippen LogP contribution in [0, 0.1) is 0 Å². The molecule has 114 valence electrons. The van der Waals surface area contributed by atoms with E-state index in [1.54, 1.807) is 14.2 Å². The summed E-state index contributed by atoms with van der Waals surface area (Å²) in [7, 11) is 5.27. The molecule has 20 heavy (non-hydrogen) atoms. The third-order valence-electron chi connectivity index (χ3n) is 2.98. The van der Waals surface area contributed by atoms with Crippen LogP contribution in [0.2, 0.25) is 5.02 Å². The summed E-state index contributed by atoms with van der Waals surface area (Å²) < 4.78 is 10.3. The van der Waals surface area contributed by atoms with Crippen molar-refractivity contribution < 1.29 is 9.47 Å². The zero-order valence-electron chi connectivity index (χ0n) is 12.5. The minimum Gasteiger partial charge on any atom is -0.385 e. The quantitative estimate of drug-likeness (QED) is 0.672. The van der Waals surface area contributed by atoms with Crippen LogP contribution in [-0.2, 0) is 16.0 Å². The number of halogens is 1. The van der Waals surface area contributed by atoms with Gasteiger partial charge in [-0.15, -0.1) is 0 Å². The fourth-order valence-corrected chi connectivity index (χ4v) is 2.03. The molecule has 1 aromatic rings. The van der Waals surface area contributed by atoms with Crippen LogP contribution in [0.5, 0.6) is 0 Å². The van der Waals surface area contributed by atoms with Gasteiger partial charge in [0.05, 0.1) is 17.3 Å². The van der Waals surface area contributed by atoms with Crippen molar-refractivity contribution in [2.24, 2.45) is 0 Å². The van der Waals surface area contributed by atoms with E-state index in [2.05, 4.69) is 15.2 Å². The Morgan fingerprint density at radius 1 is 1.20 bits per heavy atom. The van der Waals surface area contributed by atoms with E-state index in [9.17, 15) is 0 Å². The van der Waals surface area contributed by atoms with Gasteiger partial charge in [-0.05, 0) is 18.6 Å².